The highest BCUT2D eigenvalue weighted by Gasteiger charge is 2.09. The highest BCUT2D eigenvalue weighted by Crippen LogP contribution is 2.24. The molecule has 26 heavy (non-hydrogen) atoms. The highest BCUT2D eigenvalue weighted by atomic mass is 35.5. The van der Waals surface area contributed by atoms with Gasteiger partial charge in [-0.25, -0.2) is 0 Å². The Morgan fingerprint density at radius 2 is 1.88 bits per heavy atom. The molecular weight excluding hydrogens is 354 g/mol. The Morgan fingerprint density at radius 3 is 2.62 bits per heavy atom. The molecule has 2 rings (SSSR count). The third kappa shape index (κ3) is 6.41. The van der Waals surface area contributed by atoms with Crippen LogP contribution in [0.1, 0.15) is 29.5 Å². The highest BCUT2D eigenvalue weighted by molar-refractivity contribution is 6.30. The quantitative estimate of drug-likeness (QED) is 0.699. The van der Waals surface area contributed by atoms with Gasteiger partial charge in [0.25, 0.3) is 0 Å². The molecule has 138 valence electrons. The molecule has 0 aliphatic rings. The first-order chi connectivity index (χ1) is 12.5. The number of carboxylic acids is 1. The number of carbonyl (C=O) groups excluding carboxylic acids is 1. The fraction of sp³-hybridized carbons (Fsp3) is 0.300. The summed E-state index contributed by atoms with van der Waals surface area (Å²) < 4.78 is 5.95. The summed E-state index contributed by atoms with van der Waals surface area (Å²) in [5, 5.41) is 11.9. The van der Waals surface area contributed by atoms with Gasteiger partial charge in [-0.1, -0.05) is 35.9 Å². The van der Waals surface area contributed by atoms with Crippen molar-refractivity contribution in [1.82, 2.24) is 5.32 Å². The van der Waals surface area contributed by atoms with Gasteiger partial charge in [-0.05, 0) is 48.2 Å². The number of benzene rings is 2. The smallest absolute Gasteiger partial charge is 0.303 e. The molecule has 0 spiro atoms. The second kappa shape index (κ2) is 9.82. The maximum absolute atomic E-state index is 11.6. The first kappa shape index (κ1) is 19.8. The zero-order valence-electron chi connectivity index (χ0n) is 14.6. The third-order valence-corrected chi connectivity index (χ3v) is 4.18. The minimum absolute atomic E-state index is 0.0263. The minimum atomic E-state index is -0.984. The molecular formula is C20H22ClNO4. The van der Waals surface area contributed by atoms with Crippen molar-refractivity contribution in [1.29, 1.82) is 0 Å². The Morgan fingerprint density at radius 1 is 1.12 bits per heavy atom. The number of amides is 1. The summed E-state index contributed by atoms with van der Waals surface area (Å²) in [6.07, 6.45) is 0.345. The monoisotopic (exact) mass is 375 g/mol. The lowest BCUT2D eigenvalue weighted by Crippen LogP contribution is -2.26. The van der Waals surface area contributed by atoms with Crippen molar-refractivity contribution >= 4 is 23.5 Å². The van der Waals surface area contributed by atoms with E-state index in [4.69, 9.17) is 21.4 Å². The fourth-order valence-electron chi connectivity index (χ4n) is 2.46. The molecule has 0 heterocycles. The van der Waals surface area contributed by atoms with E-state index in [9.17, 15) is 9.59 Å². The molecule has 0 bridgehead atoms. The van der Waals surface area contributed by atoms with E-state index in [2.05, 4.69) is 5.32 Å². The van der Waals surface area contributed by atoms with Crippen LogP contribution >= 0.6 is 11.6 Å². The van der Waals surface area contributed by atoms with Crippen LogP contribution in [0, 0.1) is 6.92 Å². The molecule has 0 radical (unpaired) electrons. The van der Waals surface area contributed by atoms with Gasteiger partial charge in [-0.2, -0.15) is 0 Å². The van der Waals surface area contributed by atoms with Gasteiger partial charge in [-0.3, -0.25) is 9.59 Å². The zero-order chi connectivity index (χ0) is 18.9. The summed E-state index contributed by atoms with van der Waals surface area (Å²) in [4.78, 5) is 22.1. The molecule has 0 saturated carbocycles. The lowest BCUT2D eigenvalue weighted by molar-refractivity contribution is -0.138. The Balaban J connectivity index is 1.93. The summed E-state index contributed by atoms with van der Waals surface area (Å²) in [6.45, 7) is 2.87. The van der Waals surface area contributed by atoms with Gasteiger partial charge in [-0.15, -0.1) is 0 Å². The predicted molar refractivity (Wildman–Crippen MR) is 101 cm³/mol. The van der Waals surface area contributed by atoms with E-state index in [1.807, 2.05) is 43.3 Å². The normalized spacial score (nSPS) is 10.4. The number of carbonyl (C=O) groups is 2. The number of carboxylic acid groups (broad SMARTS) is 1. The minimum Gasteiger partial charge on any atom is -0.489 e. The van der Waals surface area contributed by atoms with Gasteiger partial charge < -0.3 is 15.2 Å². The second-order valence-electron chi connectivity index (χ2n) is 5.96. The molecule has 0 aliphatic heterocycles. The summed E-state index contributed by atoms with van der Waals surface area (Å²) >= 11 is 6.08. The predicted octanol–water partition coefficient (Wildman–Crippen LogP) is 3.75. The van der Waals surface area contributed by atoms with Crippen molar-refractivity contribution in [3.63, 3.8) is 0 Å². The number of hydrogen-bond acceptors (Lipinski definition) is 3. The van der Waals surface area contributed by atoms with Crippen molar-refractivity contribution in [3.05, 3.63) is 64.2 Å². The lowest BCUT2D eigenvalue weighted by atomic mass is 10.1. The van der Waals surface area contributed by atoms with Crippen LogP contribution < -0.4 is 10.1 Å². The summed E-state index contributed by atoms with van der Waals surface area (Å²) in [5.41, 5.74) is 3.16. The van der Waals surface area contributed by atoms with E-state index < -0.39 is 5.97 Å². The first-order valence-corrected chi connectivity index (χ1v) is 8.77. The molecule has 0 saturated heterocycles. The van der Waals surface area contributed by atoms with Crippen molar-refractivity contribution < 1.29 is 19.4 Å². The third-order valence-electron chi connectivity index (χ3n) is 3.95. The van der Waals surface area contributed by atoms with Crippen LogP contribution in [0.2, 0.25) is 5.02 Å². The van der Waals surface area contributed by atoms with E-state index in [0.29, 0.717) is 24.6 Å². The van der Waals surface area contributed by atoms with E-state index in [1.54, 1.807) is 6.07 Å². The second-order valence-corrected chi connectivity index (χ2v) is 6.40. The van der Waals surface area contributed by atoms with Crippen molar-refractivity contribution in [2.75, 3.05) is 6.54 Å². The van der Waals surface area contributed by atoms with Crippen LogP contribution in [-0.4, -0.2) is 23.5 Å². The first-order valence-electron chi connectivity index (χ1n) is 8.40. The Labute approximate surface area is 157 Å². The van der Waals surface area contributed by atoms with Crippen LogP contribution in [0.25, 0.3) is 0 Å². The van der Waals surface area contributed by atoms with Gasteiger partial charge in [0.15, 0.2) is 0 Å². The molecule has 0 atom stereocenters. The van der Waals surface area contributed by atoms with Crippen LogP contribution in [0.3, 0.4) is 0 Å². The topological polar surface area (TPSA) is 75.6 Å². The number of nitrogens with one attached hydrogen (secondary N) is 1. The summed E-state index contributed by atoms with van der Waals surface area (Å²) in [5.74, 6) is -0.545. The van der Waals surface area contributed by atoms with Crippen LogP contribution in [0.4, 0.5) is 0 Å². The lowest BCUT2D eigenvalue weighted by Gasteiger charge is -2.13. The van der Waals surface area contributed by atoms with E-state index >= 15 is 0 Å². The van der Waals surface area contributed by atoms with Crippen molar-refractivity contribution in [3.8, 4) is 5.75 Å². The SMILES string of the molecule is Cc1ccccc1COc1ccc(Cl)cc1CCNC(=O)CCC(=O)O. The molecule has 5 nitrogen and oxygen atoms in total. The number of ether oxygens (including phenoxy) is 1. The standard InChI is InChI=1S/C20H22ClNO4/c1-14-4-2-3-5-16(14)13-26-18-7-6-17(21)12-15(18)10-11-22-19(23)8-9-20(24)25/h2-7,12H,8-11,13H2,1H3,(H,22,23)(H,24,25). The maximum Gasteiger partial charge on any atom is 0.303 e. The molecule has 0 fully saturated rings. The fourth-order valence-corrected chi connectivity index (χ4v) is 2.65. The number of halogens is 1. The molecule has 2 aromatic rings. The number of hydrogen-bond donors (Lipinski definition) is 2. The van der Waals surface area contributed by atoms with Gasteiger partial charge >= 0.3 is 5.97 Å². The Bertz CT molecular complexity index is 776. The van der Waals surface area contributed by atoms with Crippen molar-refractivity contribution in [2.45, 2.75) is 32.8 Å². The van der Waals surface area contributed by atoms with Gasteiger partial charge in [0.2, 0.25) is 5.91 Å². The van der Waals surface area contributed by atoms with Gasteiger partial charge in [0.1, 0.15) is 12.4 Å². The summed E-state index contributed by atoms with van der Waals surface area (Å²) in [6, 6.07) is 13.4. The molecule has 2 aromatic carbocycles. The van der Waals surface area contributed by atoms with Gasteiger partial charge in [0.05, 0.1) is 6.42 Å². The zero-order valence-corrected chi connectivity index (χ0v) is 15.4. The summed E-state index contributed by atoms with van der Waals surface area (Å²) in [7, 11) is 0. The Hall–Kier alpha value is -2.53. The van der Waals surface area contributed by atoms with E-state index in [0.717, 1.165) is 22.4 Å². The maximum atomic E-state index is 11.6. The van der Waals surface area contributed by atoms with Crippen molar-refractivity contribution in [2.24, 2.45) is 0 Å². The van der Waals surface area contributed by atoms with Gasteiger partial charge in [0, 0.05) is 18.0 Å². The number of aryl methyl sites for hydroxylation is 1. The van der Waals surface area contributed by atoms with Crippen LogP contribution in [0.15, 0.2) is 42.5 Å². The molecule has 6 heteroatoms. The van der Waals surface area contributed by atoms with Crippen LogP contribution in [0.5, 0.6) is 5.75 Å². The molecule has 1 amide bonds. The van der Waals surface area contributed by atoms with E-state index in [1.165, 1.54) is 0 Å². The molecule has 2 N–H and O–H groups in total. The molecule has 0 unspecified atom stereocenters. The largest absolute Gasteiger partial charge is 0.489 e. The molecule has 0 aromatic heterocycles. The van der Waals surface area contributed by atoms with Crippen LogP contribution in [-0.2, 0) is 22.6 Å². The molecule has 0 aliphatic carbocycles. The number of rotatable bonds is 9. The average molecular weight is 376 g/mol. The van der Waals surface area contributed by atoms with E-state index in [-0.39, 0.29) is 18.7 Å². The Kier molecular flexibility index (Phi) is 7.48. The number of aliphatic carboxylic acids is 1. The average Bonchev–Trinajstić information content (AvgIpc) is 2.60.